The largest absolute Gasteiger partial charge is 0.378 e. The molecule has 7 heteroatoms. The highest BCUT2D eigenvalue weighted by Gasteiger charge is 2.07. The highest BCUT2D eigenvalue weighted by atomic mass is 35.5. The van der Waals surface area contributed by atoms with Crippen LogP contribution in [0.4, 0.5) is 10.8 Å². The predicted octanol–water partition coefficient (Wildman–Crippen LogP) is 5.96. The highest BCUT2D eigenvalue weighted by Crippen LogP contribution is 2.31. The number of rotatable bonds is 5. The van der Waals surface area contributed by atoms with E-state index < -0.39 is 0 Å². The van der Waals surface area contributed by atoms with E-state index in [-0.39, 0.29) is 0 Å². The molecule has 4 rings (SSSR count). The first-order chi connectivity index (χ1) is 12.2. The van der Waals surface area contributed by atoms with Gasteiger partial charge in [-0.05, 0) is 30.3 Å². The number of fused-ring (bicyclic) bond motifs is 1. The lowest BCUT2D eigenvalue weighted by Gasteiger charge is -2.03. The molecule has 0 amide bonds. The standard InChI is InChI=1S/C18H14ClN3OS2/c1-23-9-17-21-15(10-24-17)11-2-5-13(6-3-11)20-18-22-14-7-4-12(19)8-16(14)25-18/h2-8,10H,9H2,1H3,(H,20,22). The number of ether oxygens (including phenoxy) is 1. The van der Waals surface area contributed by atoms with E-state index in [9.17, 15) is 0 Å². The Morgan fingerprint density at radius 1 is 1.12 bits per heavy atom. The Morgan fingerprint density at radius 3 is 2.76 bits per heavy atom. The lowest BCUT2D eigenvalue weighted by molar-refractivity contribution is 0.184. The van der Waals surface area contributed by atoms with Crippen molar-refractivity contribution >= 4 is 55.3 Å². The molecule has 0 fully saturated rings. The minimum absolute atomic E-state index is 0.548. The number of thiazole rings is 2. The van der Waals surface area contributed by atoms with Crippen molar-refractivity contribution in [3.63, 3.8) is 0 Å². The number of hydrogen-bond donors (Lipinski definition) is 1. The van der Waals surface area contributed by atoms with E-state index in [0.29, 0.717) is 6.61 Å². The fourth-order valence-corrected chi connectivity index (χ4v) is 4.37. The van der Waals surface area contributed by atoms with Crippen LogP contribution in [0.2, 0.25) is 5.02 Å². The van der Waals surface area contributed by atoms with Crippen molar-refractivity contribution in [2.24, 2.45) is 0 Å². The fourth-order valence-electron chi connectivity index (χ4n) is 2.43. The minimum Gasteiger partial charge on any atom is -0.378 e. The fraction of sp³-hybridized carbons (Fsp3) is 0.111. The summed E-state index contributed by atoms with van der Waals surface area (Å²) in [5, 5.41) is 7.95. The van der Waals surface area contributed by atoms with Crippen molar-refractivity contribution in [2.75, 3.05) is 12.4 Å². The van der Waals surface area contributed by atoms with Crippen LogP contribution in [0.5, 0.6) is 0 Å². The highest BCUT2D eigenvalue weighted by molar-refractivity contribution is 7.22. The molecule has 0 aliphatic heterocycles. The zero-order valence-corrected chi connectivity index (χ0v) is 15.7. The Kier molecular flexibility index (Phi) is 4.67. The molecule has 25 heavy (non-hydrogen) atoms. The molecule has 0 aliphatic carbocycles. The molecular formula is C18H14ClN3OS2. The summed E-state index contributed by atoms with van der Waals surface area (Å²) in [5.74, 6) is 0. The van der Waals surface area contributed by atoms with E-state index in [0.717, 1.165) is 42.3 Å². The number of benzene rings is 2. The number of halogens is 1. The van der Waals surface area contributed by atoms with Crippen molar-refractivity contribution in [3.8, 4) is 11.3 Å². The van der Waals surface area contributed by atoms with Crippen LogP contribution in [0.3, 0.4) is 0 Å². The van der Waals surface area contributed by atoms with Gasteiger partial charge in [0.05, 0.1) is 22.5 Å². The van der Waals surface area contributed by atoms with E-state index >= 15 is 0 Å². The van der Waals surface area contributed by atoms with Gasteiger partial charge in [-0.3, -0.25) is 0 Å². The maximum Gasteiger partial charge on any atom is 0.188 e. The quantitative estimate of drug-likeness (QED) is 0.458. The second kappa shape index (κ2) is 7.09. The molecule has 0 bridgehead atoms. The number of hydrogen-bond acceptors (Lipinski definition) is 6. The topological polar surface area (TPSA) is 47.0 Å². The molecule has 0 spiro atoms. The Labute approximate surface area is 158 Å². The zero-order chi connectivity index (χ0) is 17.2. The van der Waals surface area contributed by atoms with Gasteiger partial charge in [0.1, 0.15) is 5.01 Å². The van der Waals surface area contributed by atoms with Crippen LogP contribution in [0, 0.1) is 0 Å². The summed E-state index contributed by atoms with van der Waals surface area (Å²) in [7, 11) is 1.68. The van der Waals surface area contributed by atoms with Crippen LogP contribution in [0.25, 0.3) is 21.5 Å². The molecule has 4 aromatic rings. The molecule has 2 aromatic carbocycles. The van der Waals surface area contributed by atoms with Crippen LogP contribution in [0.15, 0.2) is 47.8 Å². The Bertz CT molecular complexity index is 1010. The molecule has 0 aliphatic rings. The minimum atomic E-state index is 0.548. The SMILES string of the molecule is COCc1nc(-c2ccc(Nc3nc4ccc(Cl)cc4s3)cc2)cs1. The molecule has 2 aromatic heterocycles. The van der Waals surface area contributed by atoms with E-state index in [4.69, 9.17) is 16.3 Å². The number of aromatic nitrogens is 2. The first-order valence-corrected chi connectivity index (χ1v) is 9.65. The summed E-state index contributed by atoms with van der Waals surface area (Å²) in [6.45, 7) is 0.548. The van der Waals surface area contributed by atoms with E-state index in [2.05, 4.69) is 27.4 Å². The second-order valence-electron chi connectivity index (χ2n) is 5.39. The molecule has 1 N–H and O–H groups in total. The lowest BCUT2D eigenvalue weighted by Crippen LogP contribution is -1.89. The third-order valence-electron chi connectivity index (χ3n) is 3.60. The van der Waals surface area contributed by atoms with Crippen LogP contribution < -0.4 is 5.32 Å². The molecule has 0 atom stereocenters. The van der Waals surface area contributed by atoms with Crippen LogP contribution in [-0.4, -0.2) is 17.1 Å². The van der Waals surface area contributed by atoms with E-state index in [1.165, 1.54) is 0 Å². The molecule has 126 valence electrons. The summed E-state index contributed by atoms with van der Waals surface area (Å²) >= 11 is 9.22. The Balaban J connectivity index is 1.52. The van der Waals surface area contributed by atoms with Gasteiger partial charge >= 0.3 is 0 Å². The number of nitrogens with zero attached hydrogens (tertiary/aromatic N) is 2. The summed E-state index contributed by atoms with van der Waals surface area (Å²) in [6.07, 6.45) is 0. The van der Waals surface area contributed by atoms with Crippen molar-refractivity contribution in [3.05, 3.63) is 57.9 Å². The van der Waals surface area contributed by atoms with Gasteiger partial charge in [0, 0.05) is 28.8 Å². The van der Waals surface area contributed by atoms with Crippen molar-refractivity contribution in [1.82, 2.24) is 9.97 Å². The zero-order valence-electron chi connectivity index (χ0n) is 13.3. The van der Waals surface area contributed by atoms with Crippen molar-refractivity contribution in [1.29, 1.82) is 0 Å². The van der Waals surface area contributed by atoms with Gasteiger partial charge in [-0.15, -0.1) is 11.3 Å². The average molecular weight is 388 g/mol. The number of methoxy groups -OCH3 is 1. The monoisotopic (exact) mass is 387 g/mol. The second-order valence-corrected chi connectivity index (χ2v) is 7.80. The van der Waals surface area contributed by atoms with E-state index in [1.807, 2.05) is 35.7 Å². The molecule has 0 saturated carbocycles. The predicted molar refractivity (Wildman–Crippen MR) is 106 cm³/mol. The van der Waals surface area contributed by atoms with Gasteiger partial charge in [0.25, 0.3) is 0 Å². The van der Waals surface area contributed by atoms with Crippen molar-refractivity contribution < 1.29 is 4.74 Å². The van der Waals surface area contributed by atoms with Gasteiger partial charge in [-0.1, -0.05) is 35.1 Å². The smallest absolute Gasteiger partial charge is 0.188 e. The van der Waals surface area contributed by atoms with Crippen LogP contribution in [0.1, 0.15) is 5.01 Å². The first kappa shape index (κ1) is 16.5. The molecule has 2 heterocycles. The summed E-state index contributed by atoms with van der Waals surface area (Å²) in [4.78, 5) is 9.15. The average Bonchev–Trinajstić information content (AvgIpc) is 3.22. The van der Waals surface area contributed by atoms with Crippen molar-refractivity contribution in [2.45, 2.75) is 6.61 Å². The van der Waals surface area contributed by atoms with E-state index in [1.54, 1.807) is 29.8 Å². The molecule has 0 unspecified atom stereocenters. The van der Waals surface area contributed by atoms with Gasteiger partial charge < -0.3 is 10.1 Å². The Hall–Kier alpha value is -1.99. The third-order valence-corrected chi connectivity index (χ3v) is 5.59. The van der Waals surface area contributed by atoms with Gasteiger partial charge in [0.2, 0.25) is 0 Å². The summed E-state index contributed by atoms with van der Waals surface area (Å²) in [6, 6.07) is 13.9. The van der Waals surface area contributed by atoms with Crippen LogP contribution >= 0.6 is 34.3 Å². The maximum absolute atomic E-state index is 6.03. The summed E-state index contributed by atoms with van der Waals surface area (Å²) in [5.41, 5.74) is 3.99. The normalized spacial score (nSPS) is 11.1. The molecule has 0 saturated heterocycles. The summed E-state index contributed by atoms with van der Waals surface area (Å²) < 4.78 is 6.19. The van der Waals surface area contributed by atoms with Gasteiger partial charge in [-0.25, -0.2) is 9.97 Å². The number of nitrogens with one attached hydrogen (secondary N) is 1. The maximum atomic E-state index is 6.03. The first-order valence-electron chi connectivity index (χ1n) is 7.58. The molecular weight excluding hydrogens is 374 g/mol. The van der Waals surface area contributed by atoms with Gasteiger partial charge in [-0.2, -0.15) is 0 Å². The number of anilines is 2. The third kappa shape index (κ3) is 3.67. The Morgan fingerprint density at radius 2 is 1.96 bits per heavy atom. The molecule has 0 radical (unpaired) electrons. The molecule has 4 nitrogen and oxygen atoms in total. The van der Waals surface area contributed by atoms with Gasteiger partial charge in [0.15, 0.2) is 5.13 Å². The van der Waals surface area contributed by atoms with Crippen LogP contribution in [-0.2, 0) is 11.3 Å². The lowest BCUT2D eigenvalue weighted by atomic mass is 10.1.